The minimum atomic E-state index is -4.15. The summed E-state index contributed by atoms with van der Waals surface area (Å²) in [6.45, 7) is 11.6. The Morgan fingerprint density at radius 2 is 1.27 bits per heavy atom. The molecule has 1 heterocycles. The highest BCUT2D eigenvalue weighted by Crippen LogP contribution is 2.54. The van der Waals surface area contributed by atoms with Crippen molar-refractivity contribution in [1.29, 1.82) is 0 Å². The Morgan fingerprint density at radius 1 is 0.671 bits per heavy atom. The highest BCUT2D eigenvalue weighted by Gasteiger charge is 2.38. The van der Waals surface area contributed by atoms with Crippen molar-refractivity contribution in [2.75, 3.05) is 0 Å². The third kappa shape index (κ3) is 7.42. The number of hydrogen-bond acceptors (Lipinski definition) is 4. The molecule has 1 aromatic heterocycles. The van der Waals surface area contributed by atoms with Crippen LogP contribution in [0.25, 0.3) is 54.5 Å². The monoisotopic (exact) mass is 934 g/mol. The minimum absolute atomic E-state index is 0.00255. The van der Waals surface area contributed by atoms with Crippen LogP contribution in [0.2, 0.25) is 0 Å². The van der Waals surface area contributed by atoms with Gasteiger partial charge in [-0.05, 0) is 128 Å². The highest BCUT2D eigenvalue weighted by atomic mass is 32.2. The fraction of sp³-hybridized carbons (Fsp3) is 0.175. The summed E-state index contributed by atoms with van der Waals surface area (Å²) in [5.74, 6) is 0.0904. The SMILES string of the molecule is C/C(=C(\c1ccccc1)S(=O)(=O)c1ccc([N+](=O)[O-])cc1)C(C)/C(=C\Cn1c2ccccc2c2ccccc21)c1ccc(C(C)C2Cc3cc4c(cc3-c3ccccc32)-c2ccccc2C4(C)C)cc1. The number of benzene rings is 8. The molecule has 346 valence electrons. The molecular formula is C63H54N2O4S. The smallest absolute Gasteiger partial charge is 0.269 e. The Labute approximate surface area is 410 Å². The van der Waals surface area contributed by atoms with Gasteiger partial charge >= 0.3 is 0 Å². The van der Waals surface area contributed by atoms with Gasteiger partial charge in [-0.1, -0.05) is 179 Å². The lowest BCUT2D eigenvalue weighted by molar-refractivity contribution is -0.384. The molecule has 11 rings (SSSR count). The lowest BCUT2D eigenvalue weighted by atomic mass is 9.70. The molecule has 0 aliphatic heterocycles. The quantitative estimate of drug-likeness (QED) is 0.0955. The summed E-state index contributed by atoms with van der Waals surface area (Å²) in [7, 11) is -4.15. The molecule has 3 unspecified atom stereocenters. The van der Waals surface area contributed by atoms with Crippen molar-refractivity contribution in [3.63, 3.8) is 0 Å². The Morgan fingerprint density at radius 3 is 1.94 bits per heavy atom. The van der Waals surface area contributed by atoms with Gasteiger partial charge in [0.1, 0.15) is 0 Å². The zero-order valence-corrected chi connectivity index (χ0v) is 40.9. The second-order valence-corrected chi connectivity index (χ2v) is 21.6. The first kappa shape index (κ1) is 44.9. The van der Waals surface area contributed by atoms with Crippen LogP contribution < -0.4 is 0 Å². The van der Waals surface area contributed by atoms with Gasteiger partial charge < -0.3 is 4.57 Å². The first-order valence-corrected chi connectivity index (χ1v) is 25.7. The molecular weight excluding hydrogens is 881 g/mol. The van der Waals surface area contributed by atoms with E-state index in [1.165, 1.54) is 85.1 Å². The fourth-order valence-corrected chi connectivity index (χ4v) is 13.5. The highest BCUT2D eigenvalue weighted by molar-refractivity contribution is 8.00. The standard InChI is InChI=1S/C63H54N2O4S/c1-40(41(2)62(45-17-7-6-8-18-45)70(68,69)48-33-31-47(32-34-48)65(66)67)49(35-36-64-60-25-15-12-22-53(60)54-23-13-16-26-61(54)64)44-29-27-43(28-30-44)42(3)55-37-46-38-59-57(39-56(46)51-20-10-9-19-50(51)55)52-21-11-14-24-58(52)63(59,4)5/h6-35,38-40,42,55H,36-37H2,1-5H3/b49-35+,62-41-. The Balaban J connectivity index is 1.00. The van der Waals surface area contributed by atoms with E-state index in [0.717, 1.165) is 28.6 Å². The number of non-ortho nitro benzene ring substituents is 1. The van der Waals surface area contributed by atoms with E-state index in [4.69, 9.17) is 0 Å². The molecule has 0 bridgehead atoms. The lowest BCUT2D eigenvalue weighted by Crippen LogP contribution is -2.19. The molecule has 0 radical (unpaired) electrons. The number of nitro groups is 1. The van der Waals surface area contributed by atoms with Crippen LogP contribution in [0.15, 0.2) is 205 Å². The molecule has 0 spiro atoms. The maximum absolute atomic E-state index is 14.9. The molecule has 7 heteroatoms. The zero-order chi connectivity index (χ0) is 48.5. The van der Waals surface area contributed by atoms with Crippen molar-refractivity contribution < 1.29 is 13.3 Å². The molecule has 9 aromatic rings. The molecule has 0 amide bonds. The van der Waals surface area contributed by atoms with Gasteiger partial charge in [-0.2, -0.15) is 0 Å². The summed E-state index contributed by atoms with van der Waals surface area (Å²) in [5.41, 5.74) is 17.4. The summed E-state index contributed by atoms with van der Waals surface area (Å²) in [6.07, 6.45) is 3.20. The number of para-hydroxylation sites is 2. The molecule has 0 N–H and O–H groups in total. The maximum atomic E-state index is 14.9. The molecule has 3 atom stereocenters. The van der Waals surface area contributed by atoms with E-state index in [1.807, 2.05) is 37.3 Å². The van der Waals surface area contributed by atoms with Gasteiger partial charge in [0, 0.05) is 51.8 Å². The third-order valence-electron chi connectivity index (χ3n) is 15.6. The van der Waals surface area contributed by atoms with Crippen LogP contribution in [0.1, 0.15) is 85.4 Å². The summed E-state index contributed by atoms with van der Waals surface area (Å²) < 4.78 is 32.1. The summed E-state index contributed by atoms with van der Waals surface area (Å²) in [5, 5.41) is 13.9. The molecule has 2 aliphatic carbocycles. The average Bonchev–Trinajstić information content (AvgIpc) is 3.82. The Hall–Kier alpha value is -7.61. The van der Waals surface area contributed by atoms with Crippen molar-refractivity contribution in [3.8, 4) is 22.3 Å². The zero-order valence-electron chi connectivity index (χ0n) is 40.1. The predicted molar refractivity (Wildman–Crippen MR) is 287 cm³/mol. The van der Waals surface area contributed by atoms with E-state index in [-0.39, 0.29) is 38.7 Å². The van der Waals surface area contributed by atoms with E-state index < -0.39 is 14.8 Å². The van der Waals surface area contributed by atoms with Gasteiger partial charge in [-0.3, -0.25) is 10.1 Å². The summed E-state index contributed by atoms with van der Waals surface area (Å²) >= 11 is 0. The second kappa shape index (κ2) is 17.4. The number of nitrogens with zero attached hydrogens (tertiary/aromatic N) is 2. The first-order chi connectivity index (χ1) is 33.8. The van der Waals surface area contributed by atoms with Crippen molar-refractivity contribution in [2.45, 2.75) is 69.7 Å². The van der Waals surface area contributed by atoms with Crippen LogP contribution >= 0.6 is 0 Å². The number of sulfone groups is 1. The fourth-order valence-electron chi connectivity index (χ4n) is 11.7. The topological polar surface area (TPSA) is 82.2 Å². The van der Waals surface area contributed by atoms with Crippen molar-refractivity contribution in [3.05, 3.63) is 249 Å². The maximum Gasteiger partial charge on any atom is 0.269 e. The normalized spacial score (nSPS) is 16.2. The van der Waals surface area contributed by atoms with Crippen LogP contribution in [0.5, 0.6) is 0 Å². The number of fused-ring (bicyclic) bond motifs is 9. The minimum Gasteiger partial charge on any atom is -0.337 e. The molecule has 70 heavy (non-hydrogen) atoms. The average molecular weight is 935 g/mol. The molecule has 0 fully saturated rings. The third-order valence-corrected chi connectivity index (χ3v) is 17.6. The molecule has 8 aromatic carbocycles. The second-order valence-electron chi connectivity index (χ2n) is 19.7. The first-order valence-electron chi connectivity index (χ1n) is 24.2. The van der Waals surface area contributed by atoms with E-state index in [0.29, 0.717) is 17.7 Å². The van der Waals surface area contributed by atoms with E-state index in [9.17, 15) is 18.5 Å². The Bertz CT molecular complexity index is 3660. The van der Waals surface area contributed by atoms with Crippen LogP contribution in [0.3, 0.4) is 0 Å². The van der Waals surface area contributed by atoms with Gasteiger partial charge in [0.15, 0.2) is 0 Å². The number of hydrogen-bond donors (Lipinski definition) is 0. The van der Waals surface area contributed by atoms with Crippen LogP contribution in [0.4, 0.5) is 5.69 Å². The van der Waals surface area contributed by atoms with Crippen LogP contribution in [0, 0.1) is 16.0 Å². The van der Waals surface area contributed by atoms with Crippen molar-refractivity contribution in [2.24, 2.45) is 5.92 Å². The van der Waals surface area contributed by atoms with E-state index >= 15 is 0 Å². The van der Waals surface area contributed by atoms with Crippen LogP contribution in [-0.4, -0.2) is 17.9 Å². The van der Waals surface area contributed by atoms with Crippen LogP contribution in [-0.2, 0) is 28.2 Å². The number of rotatable bonds is 11. The van der Waals surface area contributed by atoms with E-state index in [1.54, 1.807) is 0 Å². The Kier molecular flexibility index (Phi) is 11.2. The largest absolute Gasteiger partial charge is 0.337 e. The summed E-state index contributed by atoms with van der Waals surface area (Å²) in [4.78, 5) is 11.2. The van der Waals surface area contributed by atoms with Crippen molar-refractivity contribution in [1.82, 2.24) is 4.57 Å². The van der Waals surface area contributed by atoms with Gasteiger partial charge in [0.05, 0.1) is 14.7 Å². The molecule has 0 saturated carbocycles. The van der Waals surface area contributed by atoms with Crippen molar-refractivity contribution >= 4 is 47.8 Å². The predicted octanol–water partition coefficient (Wildman–Crippen LogP) is 15.7. The van der Waals surface area contributed by atoms with Gasteiger partial charge in [-0.15, -0.1) is 0 Å². The lowest BCUT2D eigenvalue weighted by Gasteiger charge is -2.33. The molecule has 6 nitrogen and oxygen atoms in total. The summed E-state index contributed by atoms with van der Waals surface area (Å²) in [6, 6.07) is 63.1. The number of nitro benzene ring substituents is 1. The van der Waals surface area contributed by atoms with Gasteiger partial charge in [0.25, 0.3) is 5.69 Å². The number of aromatic nitrogens is 1. The number of allylic oxidation sites excluding steroid dienone is 3. The molecule has 2 aliphatic rings. The van der Waals surface area contributed by atoms with Gasteiger partial charge in [-0.25, -0.2) is 8.42 Å². The molecule has 0 saturated heterocycles. The van der Waals surface area contributed by atoms with E-state index in [2.05, 4.69) is 172 Å². The van der Waals surface area contributed by atoms with Gasteiger partial charge in [0.2, 0.25) is 9.84 Å².